The molecular formula is C20H22N4O3S. The maximum absolute atomic E-state index is 12.4. The van der Waals surface area contributed by atoms with Gasteiger partial charge < -0.3 is 10.1 Å². The number of aryl methyl sites for hydroxylation is 3. The summed E-state index contributed by atoms with van der Waals surface area (Å²) in [5.74, 6) is -1.04. The van der Waals surface area contributed by atoms with Crippen LogP contribution in [0.4, 0.5) is 0 Å². The number of amides is 1. The smallest absolute Gasteiger partial charge is 0.361 e. The van der Waals surface area contributed by atoms with Crippen LogP contribution in [0.1, 0.15) is 45.2 Å². The van der Waals surface area contributed by atoms with Gasteiger partial charge in [0.2, 0.25) is 0 Å². The van der Waals surface area contributed by atoms with Gasteiger partial charge in [0.1, 0.15) is 0 Å². The molecule has 0 unspecified atom stereocenters. The van der Waals surface area contributed by atoms with Crippen LogP contribution in [0, 0.1) is 20.8 Å². The topological polar surface area (TPSA) is 86.1 Å². The number of thiophene rings is 1. The first kappa shape index (κ1) is 19.8. The normalized spacial score (nSPS) is 11.9. The van der Waals surface area contributed by atoms with E-state index in [1.54, 1.807) is 18.3 Å². The van der Waals surface area contributed by atoms with Crippen LogP contribution in [-0.2, 0) is 9.53 Å². The average Bonchev–Trinajstić information content (AvgIpc) is 3.29. The van der Waals surface area contributed by atoms with Gasteiger partial charge in [0.25, 0.3) is 5.91 Å². The molecule has 0 saturated heterocycles. The van der Waals surface area contributed by atoms with Crippen molar-refractivity contribution in [2.75, 3.05) is 6.61 Å². The van der Waals surface area contributed by atoms with E-state index in [9.17, 15) is 9.59 Å². The Labute approximate surface area is 167 Å². The second-order valence-electron chi connectivity index (χ2n) is 6.59. The fourth-order valence-electron chi connectivity index (χ4n) is 2.80. The summed E-state index contributed by atoms with van der Waals surface area (Å²) in [6.07, 6.45) is 0. The predicted molar refractivity (Wildman–Crippen MR) is 107 cm³/mol. The Morgan fingerprint density at radius 3 is 2.68 bits per heavy atom. The highest BCUT2D eigenvalue weighted by Crippen LogP contribution is 2.18. The Kier molecular flexibility index (Phi) is 5.89. The summed E-state index contributed by atoms with van der Waals surface area (Å²) in [5, 5.41) is 13.3. The molecule has 146 valence electrons. The highest BCUT2D eigenvalue weighted by Gasteiger charge is 2.20. The molecule has 7 nitrogen and oxygen atoms in total. The van der Waals surface area contributed by atoms with E-state index in [-0.39, 0.29) is 24.2 Å². The Balaban J connectivity index is 1.63. The number of benzene rings is 1. The van der Waals surface area contributed by atoms with E-state index in [0.717, 1.165) is 21.7 Å². The molecule has 1 amide bonds. The molecule has 1 atom stereocenters. The van der Waals surface area contributed by atoms with E-state index >= 15 is 0 Å². The molecule has 0 aliphatic carbocycles. The highest BCUT2D eigenvalue weighted by molar-refractivity contribution is 7.10. The van der Waals surface area contributed by atoms with E-state index in [1.807, 2.05) is 56.5 Å². The van der Waals surface area contributed by atoms with Gasteiger partial charge in [0.15, 0.2) is 12.3 Å². The Morgan fingerprint density at radius 1 is 1.21 bits per heavy atom. The maximum atomic E-state index is 12.4. The summed E-state index contributed by atoms with van der Waals surface area (Å²) in [7, 11) is 0. The molecule has 0 aliphatic rings. The van der Waals surface area contributed by atoms with E-state index < -0.39 is 5.97 Å². The van der Waals surface area contributed by atoms with Crippen molar-refractivity contribution in [2.45, 2.75) is 33.7 Å². The van der Waals surface area contributed by atoms with Crippen molar-refractivity contribution < 1.29 is 14.3 Å². The fourth-order valence-corrected chi connectivity index (χ4v) is 3.53. The van der Waals surface area contributed by atoms with Crippen molar-refractivity contribution in [3.05, 3.63) is 63.1 Å². The van der Waals surface area contributed by atoms with Gasteiger partial charge in [-0.05, 0) is 50.8 Å². The lowest BCUT2D eigenvalue weighted by Crippen LogP contribution is -2.30. The molecule has 1 aromatic carbocycles. The number of ether oxygens (including phenoxy) is 1. The summed E-state index contributed by atoms with van der Waals surface area (Å²) in [6.45, 7) is 7.15. The predicted octanol–water partition coefficient (Wildman–Crippen LogP) is 3.29. The Bertz CT molecular complexity index is 995. The average molecular weight is 398 g/mol. The number of nitrogens with zero attached hydrogens (tertiary/aromatic N) is 3. The first-order valence-corrected chi connectivity index (χ1v) is 9.74. The first-order valence-electron chi connectivity index (χ1n) is 8.86. The molecule has 1 N–H and O–H groups in total. The van der Waals surface area contributed by atoms with Crippen molar-refractivity contribution in [2.24, 2.45) is 0 Å². The molecule has 0 aliphatic heterocycles. The van der Waals surface area contributed by atoms with Gasteiger partial charge >= 0.3 is 5.97 Å². The highest BCUT2D eigenvalue weighted by atomic mass is 32.1. The molecule has 0 bridgehead atoms. The van der Waals surface area contributed by atoms with Crippen molar-refractivity contribution in [1.82, 2.24) is 20.3 Å². The summed E-state index contributed by atoms with van der Waals surface area (Å²) in [6, 6.07) is 9.60. The first-order chi connectivity index (χ1) is 13.3. The number of rotatable bonds is 6. The van der Waals surface area contributed by atoms with Crippen molar-refractivity contribution >= 4 is 23.2 Å². The van der Waals surface area contributed by atoms with Crippen molar-refractivity contribution in [3.63, 3.8) is 0 Å². The van der Waals surface area contributed by atoms with Crippen LogP contribution in [0.3, 0.4) is 0 Å². The lowest BCUT2D eigenvalue weighted by atomic mass is 10.1. The molecule has 3 aromatic rings. The number of hydrogen-bond acceptors (Lipinski definition) is 6. The third-order valence-corrected chi connectivity index (χ3v) is 5.28. The number of esters is 1. The van der Waals surface area contributed by atoms with E-state index in [0.29, 0.717) is 5.69 Å². The number of carbonyl (C=O) groups excluding carboxylic acids is 2. The largest absolute Gasteiger partial charge is 0.451 e. The molecule has 2 heterocycles. The second kappa shape index (κ2) is 8.35. The van der Waals surface area contributed by atoms with E-state index in [4.69, 9.17) is 4.74 Å². The van der Waals surface area contributed by atoms with Crippen LogP contribution < -0.4 is 5.32 Å². The quantitative estimate of drug-likeness (QED) is 0.644. The summed E-state index contributed by atoms with van der Waals surface area (Å²) >= 11 is 1.56. The molecule has 0 saturated carbocycles. The lowest BCUT2D eigenvalue weighted by molar-refractivity contribution is -0.124. The molecule has 0 fully saturated rings. The standard InChI is InChI=1S/C20H22N4O3S/c1-12-7-8-16(13(2)10-12)24-22-15(4)19(23-24)20(26)27-11-18(25)21-14(3)17-6-5-9-28-17/h5-10,14H,11H2,1-4H3,(H,21,25)/t14-/m0/s1. The number of hydrogen-bond donors (Lipinski definition) is 1. The lowest BCUT2D eigenvalue weighted by Gasteiger charge is -2.12. The molecule has 2 aromatic heterocycles. The van der Waals surface area contributed by atoms with Crippen LogP contribution >= 0.6 is 11.3 Å². The van der Waals surface area contributed by atoms with E-state index in [2.05, 4.69) is 15.5 Å². The molecular weight excluding hydrogens is 376 g/mol. The third kappa shape index (κ3) is 4.45. The van der Waals surface area contributed by atoms with Gasteiger partial charge in [-0.1, -0.05) is 23.8 Å². The van der Waals surface area contributed by atoms with Gasteiger partial charge in [0.05, 0.1) is 17.4 Å². The SMILES string of the molecule is Cc1ccc(-n2nc(C)c(C(=O)OCC(=O)N[C@@H](C)c3cccs3)n2)c(C)c1. The van der Waals surface area contributed by atoms with Crippen LogP contribution in [0.5, 0.6) is 0 Å². The second-order valence-corrected chi connectivity index (χ2v) is 7.57. The monoisotopic (exact) mass is 398 g/mol. The minimum absolute atomic E-state index is 0.0964. The van der Waals surface area contributed by atoms with Crippen LogP contribution in [0.15, 0.2) is 35.7 Å². The van der Waals surface area contributed by atoms with Crippen LogP contribution in [-0.4, -0.2) is 33.5 Å². The van der Waals surface area contributed by atoms with E-state index in [1.165, 1.54) is 4.80 Å². The number of carbonyl (C=O) groups is 2. The zero-order chi connectivity index (χ0) is 20.3. The molecule has 28 heavy (non-hydrogen) atoms. The number of aromatic nitrogens is 3. The summed E-state index contributed by atoms with van der Waals surface area (Å²) in [5.41, 5.74) is 3.45. The van der Waals surface area contributed by atoms with Crippen LogP contribution in [0.2, 0.25) is 0 Å². The van der Waals surface area contributed by atoms with Gasteiger partial charge in [-0.25, -0.2) is 4.79 Å². The zero-order valence-electron chi connectivity index (χ0n) is 16.2. The minimum atomic E-state index is -0.674. The molecule has 0 radical (unpaired) electrons. The van der Waals surface area contributed by atoms with Crippen LogP contribution in [0.25, 0.3) is 5.69 Å². The van der Waals surface area contributed by atoms with Gasteiger partial charge in [-0.15, -0.1) is 16.4 Å². The molecule has 8 heteroatoms. The van der Waals surface area contributed by atoms with Crippen molar-refractivity contribution in [3.8, 4) is 5.69 Å². The molecule has 0 spiro atoms. The molecule has 3 rings (SSSR count). The number of nitrogens with one attached hydrogen (secondary N) is 1. The van der Waals surface area contributed by atoms with Gasteiger partial charge in [0, 0.05) is 4.88 Å². The third-order valence-electron chi connectivity index (χ3n) is 4.23. The maximum Gasteiger partial charge on any atom is 0.361 e. The van der Waals surface area contributed by atoms with Gasteiger partial charge in [-0.3, -0.25) is 4.79 Å². The minimum Gasteiger partial charge on any atom is -0.451 e. The Hall–Kier alpha value is -3.00. The van der Waals surface area contributed by atoms with Gasteiger partial charge in [-0.2, -0.15) is 9.90 Å². The fraction of sp³-hybridized carbons (Fsp3) is 0.300. The Morgan fingerprint density at radius 2 is 2.00 bits per heavy atom. The summed E-state index contributed by atoms with van der Waals surface area (Å²) in [4.78, 5) is 26.9. The van der Waals surface area contributed by atoms with Crippen molar-refractivity contribution in [1.29, 1.82) is 0 Å². The zero-order valence-corrected chi connectivity index (χ0v) is 17.0. The summed E-state index contributed by atoms with van der Waals surface area (Å²) < 4.78 is 5.12.